The second-order valence-corrected chi connectivity index (χ2v) is 4.77. The monoisotopic (exact) mass is 316 g/mol. The van der Waals surface area contributed by atoms with Crippen LogP contribution in [-0.4, -0.2) is 37.6 Å². The summed E-state index contributed by atoms with van der Waals surface area (Å²) in [5.41, 5.74) is -0.593. The van der Waals surface area contributed by atoms with Gasteiger partial charge in [0.1, 0.15) is 6.10 Å². The largest absolute Gasteiger partial charge is 0.368 e. The van der Waals surface area contributed by atoms with Crippen molar-refractivity contribution in [3.8, 4) is 0 Å². The maximum Gasteiger partial charge on any atom is 0.254 e. The average Bonchev–Trinajstić information content (AvgIpc) is 3.03. The van der Waals surface area contributed by atoms with Crippen LogP contribution < -0.4 is 10.6 Å². The Hall–Kier alpha value is -2.09. The predicted molar refractivity (Wildman–Crippen MR) is 70.6 cm³/mol. The molecule has 1 fully saturated rings. The molecular weight excluding hydrogens is 301 g/mol. The number of hydrogen-bond acceptors (Lipinski definition) is 3. The van der Waals surface area contributed by atoms with Gasteiger partial charge in [-0.05, 0) is 25.0 Å². The summed E-state index contributed by atoms with van der Waals surface area (Å²) in [4.78, 5) is 23.2. The van der Waals surface area contributed by atoms with Crippen molar-refractivity contribution in [3.63, 3.8) is 0 Å². The van der Waals surface area contributed by atoms with E-state index in [1.165, 1.54) is 0 Å². The molecule has 8 heteroatoms. The molecule has 0 spiro atoms. The minimum absolute atomic E-state index is 0.0235. The zero-order chi connectivity index (χ0) is 16.1. The first kappa shape index (κ1) is 16.3. The molecule has 1 heterocycles. The highest BCUT2D eigenvalue weighted by Crippen LogP contribution is 2.15. The number of nitrogens with one attached hydrogen (secondary N) is 2. The first-order valence-electron chi connectivity index (χ1n) is 6.81. The summed E-state index contributed by atoms with van der Waals surface area (Å²) >= 11 is 0. The molecule has 120 valence electrons. The lowest BCUT2D eigenvalue weighted by Crippen LogP contribution is -2.39. The minimum Gasteiger partial charge on any atom is -0.368 e. The van der Waals surface area contributed by atoms with E-state index in [1.54, 1.807) is 0 Å². The SMILES string of the molecule is O=C(NCCNC(=O)C1CCCO1)c1ccc(F)c(F)c1F. The molecule has 2 rings (SSSR count). The topological polar surface area (TPSA) is 67.4 Å². The number of ether oxygens (including phenoxy) is 1. The molecule has 1 unspecified atom stereocenters. The molecule has 5 nitrogen and oxygen atoms in total. The van der Waals surface area contributed by atoms with Gasteiger partial charge in [0.25, 0.3) is 5.91 Å². The van der Waals surface area contributed by atoms with Gasteiger partial charge in [-0.3, -0.25) is 9.59 Å². The van der Waals surface area contributed by atoms with Crippen LogP contribution in [0.3, 0.4) is 0 Å². The van der Waals surface area contributed by atoms with Crippen molar-refractivity contribution in [2.75, 3.05) is 19.7 Å². The lowest BCUT2D eigenvalue weighted by Gasteiger charge is -2.11. The fourth-order valence-corrected chi connectivity index (χ4v) is 2.06. The van der Waals surface area contributed by atoms with Crippen LogP contribution in [0.25, 0.3) is 0 Å². The molecule has 1 atom stereocenters. The highest BCUT2D eigenvalue weighted by molar-refractivity contribution is 5.94. The quantitative estimate of drug-likeness (QED) is 0.632. The van der Waals surface area contributed by atoms with Crippen molar-refractivity contribution in [3.05, 3.63) is 35.1 Å². The van der Waals surface area contributed by atoms with E-state index >= 15 is 0 Å². The number of hydrogen-bond donors (Lipinski definition) is 2. The first-order valence-corrected chi connectivity index (χ1v) is 6.81. The Balaban J connectivity index is 1.78. The Morgan fingerprint density at radius 1 is 1.14 bits per heavy atom. The molecule has 0 radical (unpaired) electrons. The highest BCUT2D eigenvalue weighted by atomic mass is 19.2. The molecule has 22 heavy (non-hydrogen) atoms. The van der Waals surface area contributed by atoms with E-state index in [4.69, 9.17) is 4.74 Å². The Morgan fingerprint density at radius 2 is 1.86 bits per heavy atom. The number of carbonyl (C=O) groups excluding carboxylic acids is 2. The van der Waals surface area contributed by atoms with Crippen molar-refractivity contribution in [1.29, 1.82) is 0 Å². The number of carbonyl (C=O) groups is 2. The molecule has 0 aromatic heterocycles. The maximum absolute atomic E-state index is 13.4. The predicted octanol–water partition coefficient (Wildman–Crippen LogP) is 1.13. The third-order valence-corrected chi connectivity index (χ3v) is 3.21. The molecule has 1 saturated heterocycles. The van der Waals surface area contributed by atoms with Gasteiger partial charge in [0.15, 0.2) is 17.5 Å². The van der Waals surface area contributed by atoms with Crippen LogP contribution in [0.2, 0.25) is 0 Å². The van der Waals surface area contributed by atoms with Gasteiger partial charge in [0, 0.05) is 19.7 Å². The molecule has 1 aromatic rings. The van der Waals surface area contributed by atoms with Gasteiger partial charge in [-0.15, -0.1) is 0 Å². The molecule has 1 aliphatic rings. The molecule has 0 aliphatic carbocycles. The molecule has 1 aromatic carbocycles. The molecule has 2 amide bonds. The van der Waals surface area contributed by atoms with Gasteiger partial charge >= 0.3 is 0 Å². The van der Waals surface area contributed by atoms with Crippen LogP contribution >= 0.6 is 0 Å². The Bertz CT molecular complexity index is 575. The van der Waals surface area contributed by atoms with Crippen LogP contribution in [-0.2, 0) is 9.53 Å². The zero-order valence-corrected chi connectivity index (χ0v) is 11.6. The normalized spacial score (nSPS) is 17.3. The van der Waals surface area contributed by atoms with E-state index in [0.29, 0.717) is 19.1 Å². The van der Waals surface area contributed by atoms with E-state index in [1.807, 2.05) is 0 Å². The van der Waals surface area contributed by atoms with Crippen molar-refractivity contribution in [2.24, 2.45) is 0 Å². The summed E-state index contributed by atoms with van der Waals surface area (Å²) in [7, 11) is 0. The molecular formula is C14H15F3N2O3. The van der Waals surface area contributed by atoms with Gasteiger partial charge in [-0.1, -0.05) is 0 Å². The summed E-state index contributed by atoms with van der Waals surface area (Å²) in [6, 6.07) is 1.53. The average molecular weight is 316 g/mol. The van der Waals surface area contributed by atoms with Crippen molar-refractivity contribution < 1.29 is 27.5 Å². The summed E-state index contributed by atoms with van der Waals surface area (Å²) in [5, 5.41) is 4.87. The summed E-state index contributed by atoms with van der Waals surface area (Å²) in [6.07, 6.45) is 1.00. The minimum atomic E-state index is -1.70. The molecule has 0 bridgehead atoms. The van der Waals surface area contributed by atoms with E-state index < -0.39 is 35.0 Å². The standard InChI is InChI=1S/C14H15F3N2O3/c15-9-4-3-8(11(16)12(9)17)13(20)18-5-6-19-14(21)10-2-1-7-22-10/h3-4,10H,1-2,5-7H2,(H,18,20)(H,19,21). The molecule has 0 saturated carbocycles. The third-order valence-electron chi connectivity index (χ3n) is 3.21. The molecule has 1 aliphatic heterocycles. The van der Waals surface area contributed by atoms with E-state index in [2.05, 4.69) is 10.6 Å². The van der Waals surface area contributed by atoms with Crippen molar-refractivity contribution >= 4 is 11.8 Å². The lowest BCUT2D eigenvalue weighted by molar-refractivity contribution is -0.129. The summed E-state index contributed by atoms with van der Waals surface area (Å²) in [5.74, 6) is -5.76. The van der Waals surface area contributed by atoms with Crippen molar-refractivity contribution in [1.82, 2.24) is 10.6 Å². The van der Waals surface area contributed by atoms with Crippen LogP contribution in [0.15, 0.2) is 12.1 Å². The Labute approximate surface area is 124 Å². The van der Waals surface area contributed by atoms with Crippen LogP contribution in [0.4, 0.5) is 13.2 Å². The number of rotatable bonds is 5. The highest BCUT2D eigenvalue weighted by Gasteiger charge is 2.23. The lowest BCUT2D eigenvalue weighted by atomic mass is 10.2. The van der Waals surface area contributed by atoms with Gasteiger partial charge in [0.2, 0.25) is 5.91 Å². The fraction of sp³-hybridized carbons (Fsp3) is 0.429. The first-order chi connectivity index (χ1) is 10.5. The van der Waals surface area contributed by atoms with Crippen LogP contribution in [0, 0.1) is 17.5 Å². The Kier molecular flexibility index (Phi) is 5.37. The smallest absolute Gasteiger partial charge is 0.254 e. The van der Waals surface area contributed by atoms with Crippen LogP contribution in [0.5, 0.6) is 0 Å². The van der Waals surface area contributed by atoms with Crippen LogP contribution in [0.1, 0.15) is 23.2 Å². The number of benzene rings is 1. The zero-order valence-electron chi connectivity index (χ0n) is 11.6. The maximum atomic E-state index is 13.4. The number of halogens is 3. The molecule has 2 N–H and O–H groups in total. The van der Waals surface area contributed by atoms with Gasteiger partial charge in [-0.25, -0.2) is 13.2 Å². The van der Waals surface area contributed by atoms with E-state index in [-0.39, 0.29) is 19.0 Å². The second kappa shape index (κ2) is 7.26. The van der Waals surface area contributed by atoms with Gasteiger partial charge in [-0.2, -0.15) is 0 Å². The van der Waals surface area contributed by atoms with Crippen molar-refractivity contribution in [2.45, 2.75) is 18.9 Å². The number of amides is 2. The Morgan fingerprint density at radius 3 is 2.55 bits per heavy atom. The van der Waals surface area contributed by atoms with Gasteiger partial charge in [0.05, 0.1) is 5.56 Å². The van der Waals surface area contributed by atoms with E-state index in [0.717, 1.165) is 12.5 Å². The third kappa shape index (κ3) is 3.76. The van der Waals surface area contributed by atoms with E-state index in [9.17, 15) is 22.8 Å². The summed E-state index contributed by atoms with van der Waals surface area (Å²) < 4.78 is 44.3. The van der Waals surface area contributed by atoms with Gasteiger partial charge < -0.3 is 15.4 Å². The fourth-order valence-electron chi connectivity index (χ4n) is 2.06. The summed E-state index contributed by atoms with van der Waals surface area (Å²) in [6.45, 7) is 0.690. The second-order valence-electron chi connectivity index (χ2n) is 4.77.